The zero-order valence-electron chi connectivity index (χ0n) is 11.4. The van der Waals surface area contributed by atoms with Crippen molar-refractivity contribution < 1.29 is 37.0 Å². The molecule has 1 atom stereocenters. The van der Waals surface area contributed by atoms with E-state index in [1.165, 1.54) is 12.2 Å². The number of carbonyl (C=O) groups is 3. The van der Waals surface area contributed by atoms with Gasteiger partial charge in [0.1, 0.15) is 5.57 Å². The number of hydrogen-bond donors (Lipinski definition) is 2. The maximum absolute atomic E-state index is 13.4. The fraction of sp³-hybridized carbons (Fsp3) is 0.545. The van der Waals surface area contributed by atoms with E-state index in [0.29, 0.717) is 0 Å². The third-order valence-electron chi connectivity index (χ3n) is 2.77. The van der Waals surface area contributed by atoms with E-state index in [-0.39, 0.29) is 12.3 Å². The number of alkyl carbamates (subject to hydrolysis) is 1. The number of halogens is 3. The molecule has 0 aliphatic carbocycles. The molecule has 2 N–H and O–H groups in total. The maximum Gasteiger partial charge on any atom is 0.425 e. The molecule has 0 aromatic heterocycles. The summed E-state index contributed by atoms with van der Waals surface area (Å²) in [5, 5.41) is 3.30. The molecule has 7 nitrogen and oxygen atoms in total. The van der Waals surface area contributed by atoms with Crippen LogP contribution in [0.2, 0.25) is 0 Å². The second-order valence-electron chi connectivity index (χ2n) is 4.04. The lowest BCUT2D eigenvalue weighted by atomic mass is 9.89. The van der Waals surface area contributed by atoms with Gasteiger partial charge in [0.05, 0.1) is 13.7 Å². The van der Waals surface area contributed by atoms with Crippen molar-refractivity contribution in [3.63, 3.8) is 0 Å². The van der Waals surface area contributed by atoms with Crippen LogP contribution in [0.15, 0.2) is 11.3 Å². The van der Waals surface area contributed by atoms with Crippen LogP contribution in [0.25, 0.3) is 0 Å². The Morgan fingerprint density at radius 2 is 1.95 bits per heavy atom. The van der Waals surface area contributed by atoms with Gasteiger partial charge in [-0.2, -0.15) is 13.2 Å². The van der Waals surface area contributed by atoms with E-state index in [0.717, 1.165) is 14.0 Å². The van der Waals surface area contributed by atoms with Crippen LogP contribution in [-0.4, -0.2) is 43.4 Å². The number of methoxy groups -OCH3 is 1. The summed E-state index contributed by atoms with van der Waals surface area (Å²) in [5.74, 6) is -3.00. The highest BCUT2D eigenvalue weighted by Crippen LogP contribution is 2.41. The second-order valence-corrected chi connectivity index (χ2v) is 4.04. The SMILES string of the molecule is CCOC(=O)N[C@@]1(C(F)(F)F)C(=O)NC(C)=C1C(=O)OC. The number of hydrogen-bond acceptors (Lipinski definition) is 5. The topological polar surface area (TPSA) is 93.7 Å². The molecule has 2 amide bonds. The molecule has 0 aromatic rings. The summed E-state index contributed by atoms with van der Waals surface area (Å²) in [6, 6.07) is 0. The number of rotatable bonds is 3. The van der Waals surface area contributed by atoms with Gasteiger partial charge < -0.3 is 14.8 Å². The Morgan fingerprint density at radius 3 is 2.38 bits per heavy atom. The zero-order valence-corrected chi connectivity index (χ0v) is 11.4. The van der Waals surface area contributed by atoms with Crippen LogP contribution in [0, 0.1) is 0 Å². The minimum Gasteiger partial charge on any atom is -0.466 e. The lowest BCUT2D eigenvalue weighted by Crippen LogP contribution is -2.66. The maximum atomic E-state index is 13.4. The van der Waals surface area contributed by atoms with Gasteiger partial charge in [0.15, 0.2) is 0 Å². The molecular weight excluding hydrogens is 297 g/mol. The molecule has 0 bridgehead atoms. The molecular formula is C11H13F3N2O5. The molecule has 118 valence electrons. The molecule has 0 aromatic carbocycles. The van der Waals surface area contributed by atoms with E-state index in [1.807, 2.05) is 5.32 Å². The molecule has 0 spiro atoms. The van der Waals surface area contributed by atoms with Crippen LogP contribution in [0.4, 0.5) is 18.0 Å². The quantitative estimate of drug-likeness (QED) is 0.745. The van der Waals surface area contributed by atoms with Crippen molar-refractivity contribution in [3.8, 4) is 0 Å². The highest BCUT2D eigenvalue weighted by Gasteiger charge is 2.69. The van der Waals surface area contributed by atoms with Gasteiger partial charge in [0.2, 0.25) is 0 Å². The lowest BCUT2D eigenvalue weighted by molar-refractivity contribution is -0.189. The molecule has 1 aliphatic heterocycles. The Kier molecular flexibility index (Phi) is 4.49. The van der Waals surface area contributed by atoms with Gasteiger partial charge in [-0.05, 0) is 13.8 Å². The molecule has 0 saturated heterocycles. The first-order chi connectivity index (χ1) is 9.61. The predicted molar refractivity (Wildman–Crippen MR) is 61.8 cm³/mol. The van der Waals surface area contributed by atoms with Gasteiger partial charge in [0.25, 0.3) is 11.4 Å². The molecule has 0 radical (unpaired) electrons. The molecule has 0 unspecified atom stereocenters. The number of carbonyl (C=O) groups excluding carboxylic acids is 3. The predicted octanol–water partition coefficient (Wildman–Crippen LogP) is 0.610. The minimum absolute atomic E-state index is 0.211. The molecule has 1 aliphatic rings. The van der Waals surface area contributed by atoms with Crippen LogP contribution in [0.5, 0.6) is 0 Å². The van der Waals surface area contributed by atoms with Crippen LogP contribution in [-0.2, 0) is 19.1 Å². The van der Waals surface area contributed by atoms with E-state index in [9.17, 15) is 27.6 Å². The van der Waals surface area contributed by atoms with Gasteiger partial charge in [-0.1, -0.05) is 0 Å². The fourth-order valence-corrected chi connectivity index (χ4v) is 1.91. The lowest BCUT2D eigenvalue weighted by Gasteiger charge is -2.31. The number of allylic oxidation sites excluding steroid dienone is 1. The van der Waals surface area contributed by atoms with Crippen molar-refractivity contribution in [2.24, 2.45) is 0 Å². The number of amides is 2. The Morgan fingerprint density at radius 1 is 1.38 bits per heavy atom. The smallest absolute Gasteiger partial charge is 0.425 e. The summed E-state index contributed by atoms with van der Waals surface area (Å²) in [6.07, 6.45) is -6.76. The van der Waals surface area contributed by atoms with Gasteiger partial charge in [-0.25, -0.2) is 9.59 Å². The summed E-state index contributed by atoms with van der Waals surface area (Å²) < 4.78 is 48.9. The van der Waals surface area contributed by atoms with Gasteiger partial charge in [0, 0.05) is 5.70 Å². The number of alkyl halides is 3. The summed E-state index contributed by atoms with van der Waals surface area (Å²) in [4.78, 5) is 34.8. The third-order valence-corrected chi connectivity index (χ3v) is 2.77. The molecule has 0 fully saturated rings. The van der Waals surface area contributed by atoms with E-state index in [2.05, 4.69) is 9.47 Å². The van der Waals surface area contributed by atoms with Crippen LogP contribution >= 0.6 is 0 Å². The van der Waals surface area contributed by atoms with E-state index in [1.54, 1.807) is 0 Å². The summed E-state index contributed by atoms with van der Waals surface area (Å²) in [7, 11) is 0.858. The summed E-state index contributed by atoms with van der Waals surface area (Å²) in [6.45, 7) is 2.25. The van der Waals surface area contributed by atoms with Crippen LogP contribution in [0.3, 0.4) is 0 Å². The first kappa shape index (κ1) is 16.8. The Balaban J connectivity index is 3.44. The Bertz CT molecular complexity index is 514. The number of nitrogens with one attached hydrogen (secondary N) is 2. The second kappa shape index (κ2) is 5.62. The average Bonchev–Trinajstić information content (AvgIpc) is 2.60. The molecule has 10 heteroatoms. The van der Waals surface area contributed by atoms with E-state index in [4.69, 9.17) is 0 Å². The average molecular weight is 310 g/mol. The Hall–Kier alpha value is -2.26. The van der Waals surface area contributed by atoms with Gasteiger partial charge >= 0.3 is 18.2 Å². The van der Waals surface area contributed by atoms with Crippen LogP contribution < -0.4 is 10.6 Å². The summed E-state index contributed by atoms with van der Waals surface area (Å²) >= 11 is 0. The van der Waals surface area contributed by atoms with Gasteiger partial charge in [-0.15, -0.1) is 0 Å². The standard InChI is InChI=1S/C11H13F3N2O5/c1-4-21-9(19)16-10(11(12,13)14)6(7(17)20-3)5(2)15-8(10)18/h4H2,1-3H3,(H,15,18)(H,16,19)/t10-/m1/s1. The van der Waals surface area contributed by atoms with Crippen molar-refractivity contribution in [2.75, 3.05) is 13.7 Å². The molecule has 1 heterocycles. The Labute approximate surface area is 117 Å². The first-order valence-corrected chi connectivity index (χ1v) is 5.74. The number of ether oxygens (including phenoxy) is 2. The number of esters is 1. The van der Waals surface area contributed by atoms with Crippen molar-refractivity contribution >= 4 is 18.0 Å². The minimum atomic E-state index is -5.27. The highest BCUT2D eigenvalue weighted by atomic mass is 19.4. The normalized spacial score (nSPS) is 21.9. The third kappa shape index (κ3) is 2.65. The monoisotopic (exact) mass is 310 g/mol. The van der Waals surface area contributed by atoms with E-state index < -0.39 is 35.3 Å². The van der Waals surface area contributed by atoms with Crippen LogP contribution in [0.1, 0.15) is 13.8 Å². The highest BCUT2D eigenvalue weighted by molar-refractivity contribution is 6.09. The van der Waals surface area contributed by atoms with Gasteiger partial charge in [-0.3, -0.25) is 10.1 Å². The van der Waals surface area contributed by atoms with Crippen molar-refractivity contribution in [1.29, 1.82) is 0 Å². The first-order valence-electron chi connectivity index (χ1n) is 5.74. The van der Waals surface area contributed by atoms with E-state index >= 15 is 0 Å². The fourth-order valence-electron chi connectivity index (χ4n) is 1.91. The zero-order chi connectivity index (χ0) is 16.4. The van der Waals surface area contributed by atoms with Crippen molar-refractivity contribution in [1.82, 2.24) is 10.6 Å². The molecule has 0 saturated carbocycles. The largest absolute Gasteiger partial charge is 0.466 e. The molecule has 1 rings (SSSR count). The summed E-state index contributed by atoms with van der Waals surface area (Å²) in [5.41, 5.74) is -4.94. The van der Waals surface area contributed by atoms with Crippen molar-refractivity contribution in [2.45, 2.75) is 25.6 Å². The van der Waals surface area contributed by atoms with Crippen molar-refractivity contribution in [3.05, 3.63) is 11.3 Å². The molecule has 21 heavy (non-hydrogen) atoms.